The summed E-state index contributed by atoms with van der Waals surface area (Å²) < 4.78 is 41.0. The van der Waals surface area contributed by atoms with Crippen molar-refractivity contribution in [1.82, 2.24) is 8.96 Å². The van der Waals surface area contributed by atoms with Gasteiger partial charge in [0.2, 0.25) is 0 Å². The molecular formula is C18H13FN2O2S2. The summed E-state index contributed by atoms with van der Waals surface area (Å²) in [5.41, 5.74) is 2.65. The average Bonchev–Trinajstić information content (AvgIpc) is 3.22. The molecule has 3 heterocycles. The second-order valence-electron chi connectivity index (χ2n) is 5.69. The first-order valence-corrected chi connectivity index (χ1v) is 9.86. The molecule has 4 aromatic rings. The number of hydrogen-bond donors (Lipinski definition) is 0. The Morgan fingerprint density at radius 1 is 1.16 bits per heavy atom. The van der Waals surface area contributed by atoms with Gasteiger partial charge in [-0.1, -0.05) is 17.7 Å². The van der Waals surface area contributed by atoms with Crippen molar-refractivity contribution < 1.29 is 12.8 Å². The van der Waals surface area contributed by atoms with Gasteiger partial charge >= 0.3 is 0 Å². The topological polar surface area (TPSA) is 52.0 Å². The number of pyridine rings is 1. The molecule has 4 nitrogen and oxygen atoms in total. The van der Waals surface area contributed by atoms with Gasteiger partial charge in [-0.05, 0) is 47.5 Å². The van der Waals surface area contributed by atoms with E-state index in [0.717, 1.165) is 21.3 Å². The van der Waals surface area contributed by atoms with E-state index in [4.69, 9.17) is 0 Å². The first-order valence-electron chi connectivity index (χ1n) is 7.48. The van der Waals surface area contributed by atoms with Crippen molar-refractivity contribution in [3.05, 3.63) is 70.9 Å². The molecule has 0 saturated heterocycles. The van der Waals surface area contributed by atoms with Crippen LogP contribution in [0.25, 0.3) is 22.2 Å². The number of aryl methyl sites for hydroxylation is 1. The quantitative estimate of drug-likeness (QED) is 0.534. The largest absolute Gasteiger partial charge is 0.269 e. The van der Waals surface area contributed by atoms with Gasteiger partial charge in [0.15, 0.2) is 5.65 Å². The number of fused-ring (bicyclic) bond motifs is 1. The number of benzene rings is 1. The summed E-state index contributed by atoms with van der Waals surface area (Å²) in [6.07, 6.45) is 2.54. The number of aromatic nitrogens is 2. The Morgan fingerprint density at radius 3 is 2.60 bits per heavy atom. The van der Waals surface area contributed by atoms with Gasteiger partial charge in [-0.3, -0.25) is 0 Å². The van der Waals surface area contributed by atoms with E-state index in [1.807, 2.05) is 23.8 Å². The summed E-state index contributed by atoms with van der Waals surface area (Å²) in [6.45, 7) is 1.89. The van der Waals surface area contributed by atoms with Gasteiger partial charge < -0.3 is 0 Å². The maximum atomic E-state index is 13.7. The zero-order chi connectivity index (χ0) is 17.6. The molecule has 3 aromatic heterocycles. The fourth-order valence-corrected chi connectivity index (χ4v) is 4.69. The maximum Gasteiger partial charge on any atom is 0.269 e. The fraction of sp³-hybridized carbons (Fsp3) is 0.0556. The van der Waals surface area contributed by atoms with Gasteiger partial charge in [-0.15, -0.1) is 0 Å². The predicted molar refractivity (Wildman–Crippen MR) is 96.8 cm³/mol. The molecule has 0 aliphatic rings. The van der Waals surface area contributed by atoms with Crippen LogP contribution < -0.4 is 0 Å². The molecule has 0 aliphatic carbocycles. The summed E-state index contributed by atoms with van der Waals surface area (Å²) in [6, 6.07) is 9.79. The lowest BCUT2D eigenvalue weighted by Crippen LogP contribution is -2.12. The fourth-order valence-electron chi connectivity index (χ4n) is 2.71. The lowest BCUT2D eigenvalue weighted by Gasteiger charge is -2.07. The third-order valence-electron chi connectivity index (χ3n) is 3.99. The van der Waals surface area contributed by atoms with Crippen molar-refractivity contribution in [2.45, 2.75) is 11.8 Å². The second-order valence-corrected chi connectivity index (χ2v) is 8.29. The lowest BCUT2D eigenvalue weighted by molar-refractivity contribution is 0.588. The van der Waals surface area contributed by atoms with Gasteiger partial charge in [0.05, 0.1) is 11.1 Å². The molecule has 1 aromatic carbocycles. The maximum absolute atomic E-state index is 13.7. The highest BCUT2D eigenvalue weighted by Crippen LogP contribution is 2.33. The molecule has 0 radical (unpaired) electrons. The molecule has 0 saturated carbocycles. The first kappa shape index (κ1) is 16.0. The molecule has 0 fully saturated rings. The summed E-state index contributed by atoms with van der Waals surface area (Å²) in [5.74, 6) is -0.505. The van der Waals surface area contributed by atoms with Crippen LogP contribution in [0.5, 0.6) is 0 Å². The van der Waals surface area contributed by atoms with Crippen molar-refractivity contribution in [3.8, 4) is 11.1 Å². The molecule has 0 N–H and O–H groups in total. The monoisotopic (exact) mass is 372 g/mol. The Hall–Kier alpha value is -2.51. The van der Waals surface area contributed by atoms with Crippen LogP contribution in [0.2, 0.25) is 0 Å². The van der Waals surface area contributed by atoms with E-state index in [-0.39, 0.29) is 10.5 Å². The zero-order valence-corrected chi connectivity index (χ0v) is 14.8. The van der Waals surface area contributed by atoms with E-state index in [9.17, 15) is 12.8 Å². The smallest absolute Gasteiger partial charge is 0.234 e. The average molecular weight is 372 g/mol. The van der Waals surface area contributed by atoms with Crippen molar-refractivity contribution in [3.63, 3.8) is 0 Å². The normalized spacial score (nSPS) is 11.9. The molecular weight excluding hydrogens is 359 g/mol. The summed E-state index contributed by atoms with van der Waals surface area (Å²) in [4.78, 5) is 4.20. The molecule has 25 heavy (non-hydrogen) atoms. The van der Waals surface area contributed by atoms with Gasteiger partial charge in [0.25, 0.3) is 10.0 Å². The molecule has 0 amide bonds. The van der Waals surface area contributed by atoms with Crippen LogP contribution in [-0.4, -0.2) is 17.4 Å². The van der Waals surface area contributed by atoms with E-state index in [1.54, 1.807) is 24.3 Å². The second kappa shape index (κ2) is 5.79. The number of halogens is 1. The van der Waals surface area contributed by atoms with Gasteiger partial charge in [-0.2, -0.15) is 11.3 Å². The molecule has 0 aliphatic heterocycles. The Bertz CT molecular complexity index is 1160. The molecule has 7 heteroatoms. The third kappa shape index (κ3) is 2.65. The molecule has 4 rings (SSSR count). The zero-order valence-electron chi connectivity index (χ0n) is 13.2. The van der Waals surface area contributed by atoms with E-state index in [1.165, 1.54) is 23.6 Å². The van der Waals surface area contributed by atoms with Crippen molar-refractivity contribution in [1.29, 1.82) is 0 Å². The SMILES string of the molecule is Cc1ccc(S(=O)(=O)n2cc(-c3ccsc3)c3cc(F)cnc32)cc1. The van der Waals surface area contributed by atoms with Crippen molar-refractivity contribution in [2.75, 3.05) is 0 Å². The highest BCUT2D eigenvalue weighted by molar-refractivity contribution is 7.90. The van der Waals surface area contributed by atoms with Crippen LogP contribution in [0.15, 0.2) is 64.4 Å². The molecule has 0 unspecified atom stereocenters. The third-order valence-corrected chi connectivity index (χ3v) is 6.34. The van der Waals surface area contributed by atoms with Crippen LogP contribution in [0.4, 0.5) is 4.39 Å². The van der Waals surface area contributed by atoms with Crippen molar-refractivity contribution >= 4 is 32.4 Å². The van der Waals surface area contributed by atoms with Crippen LogP contribution in [0, 0.1) is 12.7 Å². The Kier molecular flexibility index (Phi) is 3.70. The highest BCUT2D eigenvalue weighted by atomic mass is 32.2. The number of thiophene rings is 1. The van der Waals surface area contributed by atoms with Gasteiger partial charge in [0.1, 0.15) is 5.82 Å². The number of hydrogen-bond acceptors (Lipinski definition) is 4. The molecule has 0 atom stereocenters. The Morgan fingerprint density at radius 2 is 1.92 bits per heavy atom. The number of rotatable bonds is 3. The molecule has 0 spiro atoms. The van der Waals surface area contributed by atoms with E-state index >= 15 is 0 Å². The molecule has 126 valence electrons. The Labute approximate surface area is 148 Å². The minimum atomic E-state index is -3.83. The van der Waals surface area contributed by atoms with E-state index < -0.39 is 15.8 Å². The van der Waals surface area contributed by atoms with E-state index in [2.05, 4.69) is 4.98 Å². The summed E-state index contributed by atoms with van der Waals surface area (Å²) >= 11 is 1.49. The minimum Gasteiger partial charge on any atom is -0.234 e. The minimum absolute atomic E-state index is 0.165. The van der Waals surface area contributed by atoms with Crippen LogP contribution in [0.3, 0.4) is 0 Å². The van der Waals surface area contributed by atoms with Crippen molar-refractivity contribution in [2.24, 2.45) is 0 Å². The first-order chi connectivity index (χ1) is 12.0. The van der Waals surface area contributed by atoms with Gasteiger partial charge in [0, 0.05) is 17.1 Å². The van der Waals surface area contributed by atoms with Crippen LogP contribution in [0.1, 0.15) is 5.56 Å². The highest BCUT2D eigenvalue weighted by Gasteiger charge is 2.23. The lowest BCUT2D eigenvalue weighted by atomic mass is 10.1. The molecule has 0 bridgehead atoms. The Balaban J connectivity index is 2.01. The van der Waals surface area contributed by atoms with Crippen LogP contribution in [-0.2, 0) is 10.0 Å². The summed E-state index contributed by atoms with van der Waals surface area (Å²) in [7, 11) is -3.83. The summed E-state index contributed by atoms with van der Waals surface area (Å²) in [5, 5.41) is 4.25. The van der Waals surface area contributed by atoms with Gasteiger partial charge in [-0.25, -0.2) is 21.8 Å². The predicted octanol–water partition coefficient (Wildman–Crippen LogP) is 4.45. The van der Waals surface area contributed by atoms with E-state index in [0.29, 0.717) is 10.9 Å². The number of nitrogens with zero attached hydrogens (tertiary/aromatic N) is 2. The van der Waals surface area contributed by atoms with Crippen LogP contribution >= 0.6 is 11.3 Å². The standard InChI is InChI=1S/C18H13FN2O2S2/c1-12-2-4-15(5-3-12)25(22,23)21-10-17(13-6-7-24-11-13)16-8-14(19)9-20-18(16)21/h2-11H,1H3.